The molecule has 1 aromatic heterocycles. The molecule has 0 N–H and O–H groups in total. The maximum atomic E-state index is 5.98. The Morgan fingerprint density at radius 2 is 2.29 bits per heavy atom. The van der Waals surface area contributed by atoms with Crippen LogP contribution in [-0.2, 0) is 6.42 Å². The van der Waals surface area contributed by atoms with Crippen LogP contribution in [0.2, 0.25) is 5.02 Å². The van der Waals surface area contributed by atoms with Gasteiger partial charge in [0.25, 0.3) is 0 Å². The van der Waals surface area contributed by atoms with Crippen molar-refractivity contribution in [2.75, 3.05) is 0 Å². The second kappa shape index (κ2) is 3.84. The smallest absolute Gasteiger partial charge is 0.144 e. The van der Waals surface area contributed by atoms with Gasteiger partial charge < -0.3 is 4.52 Å². The van der Waals surface area contributed by atoms with Gasteiger partial charge in [0, 0.05) is 5.02 Å². The van der Waals surface area contributed by atoms with Gasteiger partial charge in [-0.2, -0.15) is 0 Å². The van der Waals surface area contributed by atoms with Crippen molar-refractivity contribution in [3.05, 3.63) is 41.2 Å². The summed E-state index contributed by atoms with van der Waals surface area (Å²) >= 11 is 5.98. The zero-order valence-electron chi connectivity index (χ0n) is 7.75. The summed E-state index contributed by atoms with van der Waals surface area (Å²) in [7, 11) is 0. The zero-order chi connectivity index (χ0) is 9.97. The van der Waals surface area contributed by atoms with Crippen molar-refractivity contribution in [3.8, 4) is 11.1 Å². The van der Waals surface area contributed by atoms with E-state index >= 15 is 0 Å². The first-order valence-corrected chi connectivity index (χ1v) is 4.79. The molecular formula is C11H9ClNO. The number of benzene rings is 1. The molecule has 0 unspecified atom stereocenters. The maximum absolute atomic E-state index is 5.98. The van der Waals surface area contributed by atoms with E-state index in [2.05, 4.69) is 24.3 Å². The summed E-state index contributed by atoms with van der Waals surface area (Å²) in [6.07, 6.45) is 5.27. The molecule has 2 nitrogen and oxygen atoms in total. The molecule has 2 rings (SSSR count). The lowest BCUT2D eigenvalue weighted by molar-refractivity contribution is 0.418. The Morgan fingerprint density at radius 3 is 2.93 bits per heavy atom. The Balaban J connectivity index is 2.48. The lowest BCUT2D eigenvalue weighted by Crippen LogP contribution is -1.82. The highest BCUT2D eigenvalue weighted by molar-refractivity contribution is 6.30. The van der Waals surface area contributed by atoms with Crippen LogP contribution in [0, 0.1) is 6.20 Å². The monoisotopic (exact) mass is 206 g/mol. The molecule has 0 fully saturated rings. The quantitative estimate of drug-likeness (QED) is 0.753. The van der Waals surface area contributed by atoms with Crippen molar-refractivity contribution in [3.63, 3.8) is 0 Å². The van der Waals surface area contributed by atoms with Crippen molar-refractivity contribution in [2.24, 2.45) is 0 Å². The third-order valence-corrected chi connectivity index (χ3v) is 2.28. The zero-order valence-corrected chi connectivity index (χ0v) is 8.51. The maximum Gasteiger partial charge on any atom is 0.144 e. The van der Waals surface area contributed by atoms with E-state index in [0.717, 1.165) is 22.6 Å². The van der Waals surface area contributed by atoms with E-state index in [-0.39, 0.29) is 0 Å². The van der Waals surface area contributed by atoms with Gasteiger partial charge in [-0.3, -0.25) is 0 Å². The van der Waals surface area contributed by atoms with E-state index in [1.165, 1.54) is 5.56 Å². The summed E-state index contributed by atoms with van der Waals surface area (Å²) in [4.78, 5) is 0. The molecular weight excluding hydrogens is 198 g/mol. The topological polar surface area (TPSA) is 26.0 Å². The first-order chi connectivity index (χ1) is 6.79. The molecule has 2 aromatic rings. The SMILES string of the molecule is CCc1cc(Cl)cc(-c2[c]noc2)c1. The van der Waals surface area contributed by atoms with E-state index in [1.54, 1.807) is 6.26 Å². The number of aromatic nitrogens is 1. The molecule has 0 amide bonds. The molecule has 0 aliphatic rings. The van der Waals surface area contributed by atoms with Gasteiger partial charge in [-0.05, 0) is 29.7 Å². The molecule has 0 atom stereocenters. The van der Waals surface area contributed by atoms with Crippen molar-refractivity contribution < 1.29 is 4.52 Å². The summed E-state index contributed by atoms with van der Waals surface area (Å²) in [5, 5.41) is 4.27. The second-order valence-electron chi connectivity index (χ2n) is 3.04. The number of nitrogens with zero attached hydrogens (tertiary/aromatic N) is 1. The van der Waals surface area contributed by atoms with Crippen LogP contribution in [0.1, 0.15) is 12.5 Å². The van der Waals surface area contributed by atoms with Gasteiger partial charge in [-0.1, -0.05) is 29.7 Å². The molecule has 0 bridgehead atoms. The van der Waals surface area contributed by atoms with Crippen LogP contribution in [-0.4, -0.2) is 5.16 Å². The molecule has 14 heavy (non-hydrogen) atoms. The standard InChI is InChI=1S/C11H9ClNO/c1-2-8-3-9(5-11(12)4-8)10-6-13-14-7-10/h3-5,7H,2H2,1H3. The summed E-state index contributed by atoms with van der Waals surface area (Å²) in [5.74, 6) is 0. The number of halogens is 1. The van der Waals surface area contributed by atoms with Crippen molar-refractivity contribution in [1.29, 1.82) is 0 Å². The van der Waals surface area contributed by atoms with Crippen LogP contribution in [0.5, 0.6) is 0 Å². The largest absolute Gasteiger partial charge is 0.363 e. The van der Waals surface area contributed by atoms with Crippen molar-refractivity contribution in [2.45, 2.75) is 13.3 Å². The van der Waals surface area contributed by atoms with Gasteiger partial charge in [-0.25, -0.2) is 0 Å². The summed E-state index contributed by atoms with van der Waals surface area (Å²) < 4.78 is 4.73. The first kappa shape index (κ1) is 9.28. The Labute approximate surface area is 87.5 Å². The number of aryl methyl sites for hydroxylation is 1. The van der Waals surface area contributed by atoms with E-state index in [0.29, 0.717) is 0 Å². The normalized spacial score (nSPS) is 10.4. The average molecular weight is 207 g/mol. The summed E-state index contributed by atoms with van der Waals surface area (Å²) in [6.45, 7) is 2.09. The average Bonchev–Trinajstić information content (AvgIpc) is 2.69. The van der Waals surface area contributed by atoms with Crippen LogP contribution < -0.4 is 0 Å². The number of rotatable bonds is 2. The molecule has 0 aliphatic heterocycles. The lowest BCUT2D eigenvalue weighted by Gasteiger charge is -2.01. The predicted molar refractivity (Wildman–Crippen MR) is 55.2 cm³/mol. The van der Waals surface area contributed by atoms with Crippen LogP contribution in [0.3, 0.4) is 0 Å². The molecule has 0 saturated heterocycles. The minimum absolute atomic E-state index is 0.731. The van der Waals surface area contributed by atoms with Crippen molar-refractivity contribution >= 4 is 11.6 Å². The highest BCUT2D eigenvalue weighted by Crippen LogP contribution is 2.24. The highest BCUT2D eigenvalue weighted by Gasteiger charge is 2.03. The van der Waals surface area contributed by atoms with E-state index in [1.807, 2.05) is 12.1 Å². The molecule has 3 heteroatoms. The number of hydrogen-bond acceptors (Lipinski definition) is 2. The summed E-state index contributed by atoms with van der Waals surface area (Å²) in [5.41, 5.74) is 3.03. The molecule has 0 spiro atoms. The molecule has 1 aromatic carbocycles. The van der Waals surface area contributed by atoms with Crippen molar-refractivity contribution in [1.82, 2.24) is 5.16 Å². The fourth-order valence-corrected chi connectivity index (χ4v) is 1.58. The van der Waals surface area contributed by atoms with E-state index in [9.17, 15) is 0 Å². The van der Waals surface area contributed by atoms with Crippen LogP contribution in [0.25, 0.3) is 11.1 Å². The minimum atomic E-state index is 0.731. The van der Waals surface area contributed by atoms with Crippen LogP contribution in [0.15, 0.2) is 29.0 Å². The Morgan fingerprint density at radius 1 is 1.43 bits per heavy atom. The van der Waals surface area contributed by atoms with Gasteiger partial charge in [0.05, 0.1) is 5.56 Å². The van der Waals surface area contributed by atoms with E-state index in [4.69, 9.17) is 16.1 Å². The first-order valence-electron chi connectivity index (χ1n) is 4.41. The predicted octanol–water partition coefficient (Wildman–Crippen LogP) is 3.36. The number of hydrogen-bond donors (Lipinski definition) is 0. The van der Waals surface area contributed by atoms with Gasteiger partial charge in [0.1, 0.15) is 12.5 Å². The fraction of sp³-hybridized carbons (Fsp3) is 0.182. The molecule has 0 aliphatic carbocycles. The minimum Gasteiger partial charge on any atom is -0.363 e. The van der Waals surface area contributed by atoms with Crippen LogP contribution in [0.4, 0.5) is 0 Å². The van der Waals surface area contributed by atoms with Gasteiger partial charge in [0.2, 0.25) is 0 Å². The third kappa shape index (κ3) is 1.80. The Kier molecular flexibility index (Phi) is 2.55. The van der Waals surface area contributed by atoms with E-state index < -0.39 is 0 Å². The molecule has 0 saturated carbocycles. The third-order valence-electron chi connectivity index (χ3n) is 2.07. The van der Waals surface area contributed by atoms with Gasteiger partial charge >= 0.3 is 0 Å². The molecule has 1 radical (unpaired) electrons. The second-order valence-corrected chi connectivity index (χ2v) is 3.48. The highest BCUT2D eigenvalue weighted by atomic mass is 35.5. The fourth-order valence-electron chi connectivity index (χ4n) is 1.32. The summed E-state index contributed by atoms with van der Waals surface area (Å²) in [6, 6.07) is 5.90. The van der Waals surface area contributed by atoms with Gasteiger partial charge in [0.15, 0.2) is 0 Å². The van der Waals surface area contributed by atoms with Crippen LogP contribution >= 0.6 is 11.6 Å². The Bertz CT molecular complexity index is 423. The van der Waals surface area contributed by atoms with Gasteiger partial charge in [-0.15, -0.1) is 0 Å². The lowest BCUT2D eigenvalue weighted by atomic mass is 10.1. The molecule has 1 heterocycles. The Hall–Kier alpha value is -1.28. The molecule has 71 valence electrons.